The first-order valence-corrected chi connectivity index (χ1v) is 32.0. The lowest BCUT2D eigenvalue weighted by Gasteiger charge is -2.35. The number of fused-ring (bicyclic) bond motifs is 2. The normalized spacial score (nSPS) is 13.7. The number of aromatic nitrogens is 2. The van der Waals surface area contributed by atoms with E-state index in [-0.39, 0.29) is 11.1 Å². The van der Waals surface area contributed by atoms with Gasteiger partial charge in [-0.05, 0) is 102 Å². The van der Waals surface area contributed by atoms with Crippen molar-refractivity contribution in [3.05, 3.63) is 58.5 Å². The maximum Gasteiger partial charge on any atom is 0.512 e. The summed E-state index contributed by atoms with van der Waals surface area (Å²) in [6.07, 6.45) is 5.41. The van der Waals surface area contributed by atoms with E-state index in [9.17, 15) is 0 Å². The van der Waals surface area contributed by atoms with Crippen LogP contribution in [0.2, 0.25) is 0 Å². The van der Waals surface area contributed by atoms with Gasteiger partial charge in [-0.25, -0.2) is 9.97 Å². The SMILES string of the molecule is CCCO[Si](OCCC)(OCCC)C(CSSSSSSCC(c1nc2ccccc2s1)[Si](OCCC)(OCCC)OCCC)c1nc2ccccc2s1. The zero-order valence-electron chi connectivity index (χ0n) is 32.3. The maximum absolute atomic E-state index is 6.67. The van der Waals surface area contributed by atoms with Gasteiger partial charge >= 0.3 is 17.6 Å². The summed E-state index contributed by atoms with van der Waals surface area (Å²) < 4.78 is 42.4. The first kappa shape index (κ1) is 47.2. The molecule has 0 radical (unpaired) electrons. The molecule has 54 heavy (non-hydrogen) atoms. The van der Waals surface area contributed by atoms with E-state index >= 15 is 0 Å². The predicted octanol–water partition coefficient (Wildman–Crippen LogP) is 13.3. The minimum absolute atomic E-state index is 0.0633. The van der Waals surface area contributed by atoms with Crippen molar-refractivity contribution in [2.24, 2.45) is 0 Å². The monoisotopic (exact) mass is 924 g/mol. The lowest BCUT2D eigenvalue weighted by Crippen LogP contribution is -2.53. The second-order valence-electron chi connectivity index (χ2n) is 12.3. The molecule has 0 spiro atoms. The van der Waals surface area contributed by atoms with Crippen molar-refractivity contribution < 1.29 is 26.6 Å². The zero-order chi connectivity index (χ0) is 38.5. The van der Waals surface area contributed by atoms with E-state index in [4.69, 9.17) is 36.5 Å². The molecule has 0 bridgehead atoms. The van der Waals surface area contributed by atoms with E-state index in [0.717, 1.165) is 71.1 Å². The Labute approximate surface area is 356 Å². The Bertz CT molecular complexity index is 1380. The highest BCUT2D eigenvalue weighted by Gasteiger charge is 2.53. The molecule has 2 aromatic heterocycles. The summed E-state index contributed by atoms with van der Waals surface area (Å²) in [5.74, 6) is 1.57. The number of benzene rings is 2. The molecule has 0 aliphatic heterocycles. The third kappa shape index (κ3) is 14.1. The van der Waals surface area contributed by atoms with Gasteiger partial charge < -0.3 is 26.6 Å². The standard InChI is InChI=1S/C36H56N2O6S8Si2/c1-7-21-39-53(40-22-8-2,41-23-9-3)33(35-37-29-17-13-15-19-31(29)47-35)27-45-49-51-52-50-46-28-34(36-38-30-18-14-16-20-32(30)48-36)54(42-24-10-4,43-25-11-5)44-26-12-6/h13-20,33-34H,7-12,21-28H2,1-6H3. The molecule has 0 fully saturated rings. The molecule has 0 saturated heterocycles. The fraction of sp³-hybridized carbons (Fsp3) is 0.611. The molecule has 0 aliphatic carbocycles. The van der Waals surface area contributed by atoms with Gasteiger partial charge in [0.05, 0.1) is 31.5 Å². The fourth-order valence-electron chi connectivity index (χ4n) is 5.30. The summed E-state index contributed by atoms with van der Waals surface area (Å²) in [5, 5.41) is 2.08. The van der Waals surface area contributed by atoms with Gasteiger partial charge in [0.15, 0.2) is 0 Å². The van der Waals surface area contributed by atoms with Crippen molar-refractivity contribution in [2.45, 2.75) is 91.1 Å². The average Bonchev–Trinajstić information content (AvgIpc) is 3.83. The van der Waals surface area contributed by atoms with Crippen LogP contribution >= 0.6 is 83.6 Å². The van der Waals surface area contributed by atoms with Crippen LogP contribution in [0.1, 0.15) is 101 Å². The number of hydrogen-bond donors (Lipinski definition) is 0. The van der Waals surface area contributed by atoms with Gasteiger partial charge in [0, 0.05) is 51.1 Å². The summed E-state index contributed by atoms with van der Waals surface area (Å²) in [6.45, 7) is 16.5. The topological polar surface area (TPSA) is 81.2 Å². The van der Waals surface area contributed by atoms with Crippen molar-refractivity contribution in [3.8, 4) is 0 Å². The molecule has 302 valence electrons. The van der Waals surface area contributed by atoms with E-state index in [1.165, 1.54) is 9.40 Å². The Morgan fingerprint density at radius 1 is 0.481 bits per heavy atom. The Morgan fingerprint density at radius 3 is 1.09 bits per heavy atom. The molecule has 18 heteroatoms. The van der Waals surface area contributed by atoms with Crippen LogP contribution < -0.4 is 0 Å². The van der Waals surface area contributed by atoms with E-state index < -0.39 is 17.6 Å². The van der Waals surface area contributed by atoms with Crippen molar-refractivity contribution in [1.82, 2.24) is 9.97 Å². The number of para-hydroxylation sites is 2. The van der Waals surface area contributed by atoms with E-state index in [1.54, 1.807) is 62.0 Å². The summed E-state index contributed by atoms with van der Waals surface area (Å²) >= 11 is 3.47. The Morgan fingerprint density at radius 2 is 0.796 bits per heavy atom. The largest absolute Gasteiger partial charge is 0.512 e. The quantitative estimate of drug-likeness (QED) is 0.0273. The second kappa shape index (κ2) is 26.6. The molecule has 0 N–H and O–H groups in total. The van der Waals surface area contributed by atoms with Gasteiger partial charge in [-0.2, -0.15) is 0 Å². The van der Waals surface area contributed by atoms with Crippen LogP contribution in [0.15, 0.2) is 48.5 Å². The van der Waals surface area contributed by atoms with Crippen molar-refractivity contribution in [3.63, 3.8) is 0 Å². The summed E-state index contributed by atoms with van der Waals surface area (Å²) in [4.78, 5) is 10.2. The number of thiazole rings is 2. The minimum Gasteiger partial charge on any atom is -0.373 e. The van der Waals surface area contributed by atoms with E-state index in [1.807, 2.05) is 33.7 Å². The zero-order valence-corrected chi connectivity index (χ0v) is 40.8. The molecule has 2 atom stereocenters. The van der Waals surface area contributed by atoms with Gasteiger partial charge in [0.2, 0.25) is 0 Å². The fourth-order valence-corrected chi connectivity index (χ4v) is 28.4. The maximum atomic E-state index is 6.67. The number of rotatable bonds is 31. The van der Waals surface area contributed by atoms with Crippen molar-refractivity contribution >= 4 is 122 Å². The van der Waals surface area contributed by atoms with Crippen LogP contribution in [0.5, 0.6) is 0 Å². The highest BCUT2D eigenvalue weighted by atomic mass is 33.9. The molecule has 4 aromatic rings. The molecular weight excluding hydrogens is 869 g/mol. The lowest BCUT2D eigenvalue weighted by molar-refractivity contribution is 0.0515. The van der Waals surface area contributed by atoms with E-state index in [2.05, 4.69) is 77.9 Å². The van der Waals surface area contributed by atoms with Gasteiger partial charge in [0.25, 0.3) is 0 Å². The van der Waals surface area contributed by atoms with Crippen LogP contribution in [0, 0.1) is 0 Å². The van der Waals surface area contributed by atoms with Crippen molar-refractivity contribution in [2.75, 3.05) is 51.1 Å². The average molecular weight is 926 g/mol. The Kier molecular flexibility index (Phi) is 23.2. The molecule has 0 aliphatic rings. The smallest absolute Gasteiger partial charge is 0.373 e. The minimum atomic E-state index is -3.13. The van der Waals surface area contributed by atoms with Crippen LogP contribution in [0.3, 0.4) is 0 Å². The van der Waals surface area contributed by atoms with Gasteiger partial charge in [0.1, 0.15) is 10.0 Å². The third-order valence-electron chi connectivity index (χ3n) is 7.76. The molecule has 2 aromatic carbocycles. The molecule has 8 nitrogen and oxygen atoms in total. The third-order valence-corrected chi connectivity index (χ3v) is 28.3. The number of nitrogens with zero attached hydrogens (tertiary/aromatic N) is 2. The van der Waals surface area contributed by atoms with Crippen LogP contribution in [-0.2, 0) is 26.6 Å². The summed E-state index contributed by atoms with van der Waals surface area (Å²) in [6, 6.07) is 16.7. The summed E-state index contributed by atoms with van der Waals surface area (Å²) in [7, 11) is 4.53. The number of hydrogen-bond acceptors (Lipinski definition) is 16. The molecule has 2 heterocycles. The Balaban J connectivity index is 1.44. The first-order valence-electron chi connectivity index (χ1n) is 18.9. The van der Waals surface area contributed by atoms with Crippen LogP contribution in [0.25, 0.3) is 20.4 Å². The Hall–Kier alpha value is 0.514. The molecule has 0 saturated carbocycles. The second-order valence-corrected chi connectivity index (χ2v) is 29.6. The summed E-state index contributed by atoms with van der Waals surface area (Å²) in [5.41, 5.74) is 1.90. The molecule has 2 unspecified atom stereocenters. The molecule has 4 rings (SSSR count). The van der Waals surface area contributed by atoms with Gasteiger partial charge in [-0.15, -0.1) is 22.7 Å². The molecular formula is C36H56N2O6S8Si2. The highest BCUT2D eigenvalue weighted by Crippen LogP contribution is 2.54. The van der Waals surface area contributed by atoms with Crippen molar-refractivity contribution in [1.29, 1.82) is 0 Å². The highest BCUT2D eigenvalue weighted by molar-refractivity contribution is 9.41. The van der Waals surface area contributed by atoms with E-state index in [0.29, 0.717) is 39.6 Å². The van der Waals surface area contributed by atoms with Crippen LogP contribution in [-0.4, -0.2) is 78.7 Å². The van der Waals surface area contributed by atoms with Gasteiger partial charge in [-0.3, -0.25) is 0 Å². The predicted molar refractivity (Wildman–Crippen MR) is 249 cm³/mol. The molecule has 0 amide bonds. The van der Waals surface area contributed by atoms with Crippen LogP contribution in [0.4, 0.5) is 0 Å². The lowest BCUT2D eigenvalue weighted by atomic mass is 10.3. The van der Waals surface area contributed by atoms with Gasteiger partial charge in [-0.1, -0.05) is 87.4 Å². The first-order chi connectivity index (χ1) is 26.5.